The van der Waals surface area contributed by atoms with Crippen LogP contribution in [0.3, 0.4) is 0 Å². The van der Waals surface area contributed by atoms with E-state index in [4.69, 9.17) is 0 Å². The number of carboxylic acid groups (broad SMARTS) is 1. The van der Waals surface area contributed by atoms with Crippen molar-refractivity contribution in [3.05, 3.63) is 79.9 Å². The van der Waals surface area contributed by atoms with Crippen molar-refractivity contribution in [1.29, 1.82) is 0 Å². The maximum Gasteiger partial charge on any atom is 0.338 e. The van der Waals surface area contributed by atoms with E-state index in [1.165, 1.54) is 6.07 Å². The van der Waals surface area contributed by atoms with Gasteiger partial charge in [-0.3, -0.25) is 0 Å². The number of halogens is 9. The molecule has 12 heteroatoms. The standard InChI is InChI=1S/C19H6F8INO2/c20-7-3-5(28)1-2-9(7)29-18-11(19(30)31)6(4-8(21)12(18)22)10-13(23)15(25)17(27)16(26)14(10)24/h1-4,29H,(H,30,31). The fourth-order valence-corrected chi connectivity index (χ4v) is 3.18. The number of hydrogen-bond acceptors (Lipinski definition) is 2. The lowest BCUT2D eigenvalue weighted by molar-refractivity contribution is 0.0698. The Balaban J connectivity index is 2.39. The van der Waals surface area contributed by atoms with E-state index in [2.05, 4.69) is 0 Å². The summed E-state index contributed by atoms with van der Waals surface area (Å²) >= 11 is 1.73. The monoisotopic (exact) mass is 559 g/mol. The molecule has 0 amide bonds. The van der Waals surface area contributed by atoms with E-state index < -0.39 is 80.6 Å². The largest absolute Gasteiger partial charge is 0.478 e. The molecule has 0 aliphatic rings. The van der Waals surface area contributed by atoms with Gasteiger partial charge in [-0.1, -0.05) is 0 Å². The maximum atomic E-state index is 14.4. The third-order valence-electron chi connectivity index (χ3n) is 4.10. The van der Waals surface area contributed by atoms with Crippen LogP contribution in [-0.4, -0.2) is 11.1 Å². The average Bonchev–Trinajstić information content (AvgIpc) is 2.70. The van der Waals surface area contributed by atoms with Crippen LogP contribution in [0.1, 0.15) is 10.4 Å². The van der Waals surface area contributed by atoms with Gasteiger partial charge in [0.15, 0.2) is 34.9 Å². The summed E-state index contributed by atoms with van der Waals surface area (Å²) < 4.78 is 112. The van der Waals surface area contributed by atoms with Gasteiger partial charge < -0.3 is 10.4 Å². The van der Waals surface area contributed by atoms with Gasteiger partial charge in [0.05, 0.1) is 22.5 Å². The van der Waals surface area contributed by atoms with E-state index in [1.54, 1.807) is 22.6 Å². The summed E-state index contributed by atoms with van der Waals surface area (Å²) in [7, 11) is 0. The molecule has 0 spiro atoms. The van der Waals surface area contributed by atoms with E-state index >= 15 is 0 Å². The van der Waals surface area contributed by atoms with Crippen molar-refractivity contribution in [2.45, 2.75) is 0 Å². The van der Waals surface area contributed by atoms with E-state index in [1.807, 2.05) is 5.32 Å². The zero-order chi connectivity index (χ0) is 23.2. The maximum absolute atomic E-state index is 14.4. The van der Waals surface area contributed by atoms with E-state index in [0.29, 0.717) is 3.57 Å². The number of carbonyl (C=O) groups is 1. The predicted octanol–water partition coefficient (Wildman–Crippen LogP) is 6.51. The van der Waals surface area contributed by atoms with Crippen molar-refractivity contribution in [1.82, 2.24) is 0 Å². The van der Waals surface area contributed by atoms with Gasteiger partial charge in [-0.2, -0.15) is 0 Å². The van der Waals surface area contributed by atoms with E-state index in [-0.39, 0.29) is 6.07 Å². The fraction of sp³-hybridized carbons (Fsp3) is 0. The lowest BCUT2D eigenvalue weighted by Gasteiger charge is -2.17. The molecule has 0 saturated heterocycles. The molecule has 0 saturated carbocycles. The molecule has 0 unspecified atom stereocenters. The SMILES string of the molecule is O=C(O)c1c(-c2c(F)c(F)c(F)c(F)c2F)cc(F)c(F)c1Nc1ccc(I)cc1F. The highest BCUT2D eigenvalue weighted by Crippen LogP contribution is 2.39. The van der Waals surface area contributed by atoms with Gasteiger partial charge in [-0.05, 0) is 46.9 Å². The summed E-state index contributed by atoms with van der Waals surface area (Å²) in [5, 5.41) is 11.4. The normalized spacial score (nSPS) is 11.0. The number of nitrogens with one attached hydrogen (secondary N) is 1. The van der Waals surface area contributed by atoms with Crippen molar-refractivity contribution >= 4 is 39.9 Å². The number of rotatable bonds is 4. The molecule has 0 fully saturated rings. The lowest BCUT2D eigenvalue weighted by Crippen LogP contribution is -2.12. The fourth-order valence-electron chi connectivity index (χ4n) is 2.73. The molecule has 0 atom stereocenters. The second kappa shape index (κ2) is 8.32. The Kier molecular flexibility index (Phi) is 6.11. The van der Waals surface area contributed by atoms with E-state index in [9.17, 15) is 45.0 Å². The third kappa shape index (κ3) is 3.91. The number of hydrogen-bond donors (Lipinski definition) is 2. The topological polar surface area (TPSA) is 49.3 Å². The van der Waals surface area contributed by atoms with Gasteiger partial charge in [-0.15, -0.1) is 0 Å². The molecule has 3 nitrogen and oxygen atoms in total. The van der Waals surface area contributed by atoms with Gasteiger partial charge in [0.2, 0.25) is 5.82 Å². The molecule has 0 heterocycles. The molecule has 2 N–H and O–H groups in total. The van der Waals surface area contributed by atoms with Crippen LogP contribution < -0.4 is 5.32 Å². The number of aromatic carboxylic acids is 1. The van der Waals surface area contributed by atoms with Crippen LogP contribution in [0.2, 0.25) is 0 Å². The third-order valence-corrected chi connectivity index (χ3v) is 4.77. The Labute approximate surface area is 181 Å². The van der Waals surface area contributed by atoms with Crippen LogP contribution in [0.5, 0.6) is 0 Å². The van der Waals surface area contributed by atoms with Gasteiger partial charge >= 0.3 is 5.97 Å². The molecule has 3 aromatic carbocycles. The Bertz CT molecular complexity index is 1220. The van der Waals surface area contributed by atoms with Crippen LogP contribution in [0, 0.1) is 50.1 Å². The molecule has 0 aliphatic heterocycles. The Hall–Kier alpha value is -2.90. The highest BCUT2D eigenvalue weighted by Gasteiger charge is 2.32. The number of carboxylic acids is 1. The van der Waals surface area contributed by atoms with Gasteiger partial charge in [0.25, 0.3) is 0 Å². The van der Waals surface area contributed by atoms with Crippen LogP contribution in [-0.2, 0) is 0 Å². The van der Waals surface area contributed by atoms with Gasteiger partial charge in [-0.25, -0.2) is 39.9 Å². The predicted molar refractivity (Wildman–Crippen MR) is 101 cm³/mol. The van der Waals surface area contributed by atoms with Crippen molar-refractivity contribution in [2.75, 3.05) is 5.32 Å². The zero-order valence-corrected chi connectivity index (χ0v) is 16.7. The second-order valence-corrected chi connectivity index (χ2v) is 7.21. The first-order chi connectivity index (χ1) is 14.5. The molecule has 162 valence electrons. The molecule has 0 aromatic heterocycles. The minimum atomic E-state index is -2.53. The Morgan fingerprint density at radius 1 is 0.774 bits per heavy atom. The van der Waals surface area contributed by atoms with Gasteiger partial charge in [0, 0.05) is 9.13 Å². The van der Waals surface area contributed by atoms with Crippen molar-refractivity contribution < 1.29 is 45.0 Å². The molecular formula is C19H6F8INO2. The van der Waals surface area contributed by atoms with Crippen LogP contribution in [0.25, 0.3) is 11.1 Å². The number of anilines is 2. The van der Waals surface area contributed by atoms with Crippen LogP contribution in [0.15, 0.2) is 24.3 Å². The molecule has 3 rings (SSSR count). The molecule has 0 radical (unpaired) electrons. The Morgan fingerprint density at radius 3 is 1.84 bits per heavy atom. The first-order valence-electron chi connectivity index (χ1n) is 7.94. The van der Waals surface area contributed by atoms with Crippen molar-refractivity contribution in [2.24, 2.45) is 0 Å². The summed E-state index contributed by atoms with van der Waals surface area (Å²) in [6.45, 7) is 0. The van der Waals surface area contributed by atoms with Crippen LogP contribution >= 0.6 is 22.6 Å². The quantitative estimate of drug-likeness (QED) is 0.166. The highest BCUT2D eigenvalue weighted by atomic mass is 127. The van der Waals surface area contributed by atoms with E-state index in [0.717, 1.165) is 12.1 Å². The van der Waals surface area contributed by atoms with Crippen molar-refractivity contribution in [3.63, 3.8) is 0 Å². The summed E-state index contributed by atoms with van der Waals surface area (Å²) in [5.41, 5.74) is -6.37. The summed E-state index contributed by atoms with van der Waals surface area (Å²) in [6, 6.07) is 3.26. The second-order valence-electron chi connectivity index (χ2n) is 5.97. The molecular weight excluding hydrogens is 553 g/mol. The zero-order valence-electron chi connectivity index (χ0n) is 14.6. The molecule has 0 aliphatic carbocycles. The smallest absolute Gasteiger partial charge is 0.338 e. The first kappa shape index (κ1) is 22.8. The minimum Gasteiger partial charge on any atom is -0.478 e. The summed E-state index contributed by atoms with van der Waals surface area (Å²) in [6.07, 6.45) is 0. The van der Waals surface area contributed by atoms with Crippen LogP contribution in [0.4, 0.5) is 46.5 Å². The molecule has 0 bridgehead atoms. The first-order valence-corrected chi connectivity index (χ1v) is 9.02. The highest BCUT2D eigenvalue weighted by molar-refractivity contribution is 14.1. The number of benzene rings is 3. The summed E-state index contributed by atoms with van der Waals surface area (Å²) in [5.74, 6) is -19.2. The molecule has 31 heavy (non-hydrogen) atoms. The van der Waals surface area contributed by atoms with Gasteiger partial charge in [0.1, 0.15) is 5.82 Å². The lowest BCUT2D eigenvalue weighted by atomic mass is 9.95. The minimum absolute atomic E-state index is 0.0352. The van der Waals surface area contributed by atoms with Crippen molar-refractivity contribution in [3.8, 4) is 11.1 Å². The molecule has 3 aromatic rings. The summed E-state index contributed by atoms with van der Waals surface area (Å²) in [4.78, 5) is 11.7. The Morgan fingerprint density at radius 2 is 1.32 bits per heavy atom. The average molecular weight is 559 g/mol.